The minimum atomic E-state index is -0.172. The first-order chi connectivity index (χ1) is 4.23. The lowest BCUT2D eigenvalue weighted by Crippen LogP contribution is -2.10. The molecular weight excluding hydrogens is 112 g/mol. The van der Waals surface area contributed by atoms with Crippen molar-refractivity contribution in [2.75, 3.05) is 13.1 Å². The molecule has 1 aliphatic heterocycles. The van der Waals surface area contributed by atoms with Crippen molar-refractivity contribution in [2.24, 2.45) is 0 Å². The van der Waals surface area contributed by atoms with Gasteiger partial charge in [0.05, 0.1) is 6.07 Å². The number of hydrogen-bond donors (Lipinski definition) is 0. The van der Waals surface area contributed by atoms with Gasteiger partial charge in [0.1, 0.15) is 5.54 Å². The van der Waals surface area contributed by atoms with E-state index < -0.39 is 0 Å². The zero-order chi connectivity index (χ0) is 6.91. The van der Waals surface area contributed by atoms with Crippen LogP contribution in [0.3, 0.4) is 0 Å². The van der Waals surface area contributed by atoms with E-state index in [-0.39, 0.29) is 5.54 Å². The predicted molar refractivity (Wildman–Crippen MR) is 35.8 cm³/mol. The Kier molecular flexibility index (Phi) is 1.30. The summed E-state index contributed by atoms with van der Waals surface area (Å²) in [4.78, 5) is 2.07. The van der Waals surface area contributed by atoms with E-state index in [1.165, 1.54) is 0 Å². The van der Waals surface area contributed by atoms with E-state index in [1.807, 2.05) is 13.0 Å². The molecule has 1 saturated heterocycles. The molecule has 1 heterocycles. The van der Waals surface area contributed by atoms with Gasteiger partial charge in [-0.05, 0) is 6.92 Å². The molecule has 9 heavy (non-hydrogen) atoms. The van der Waals surface area contributed by atoms with Crippen LogP contribution in [0.1, 0.15) is 6.92 Å². The highest BCUT2D eigenvalue weighted by Crippen LogP contribution is 2.29. The highest BCUT2D eigenvalue weighted by atomic mass is 15.3. The largest absolute Gasteiger partial charge is 0.278 e. The average molecular weight is 122 g/mol. The summed E-state index contributed by atoms with van der Waals surface area (Å²) >= 11 is 0. The van der Waals surface area contributed by atoms with E-state index in [9.17, 15) is 0 Å². The summed E-state index contributed by atoms with van der Waals surface area (Å²) < 4.78 is 0. The van der Waals surface area contributed by atoms with E-state index in [1.54, 1.807) is 0 Å². The summed E-state index contributed by atoms with van der Waals surface area (Å²) in [5.74, 6) is 0. The van der Waals surface area contributed by atoms with Crippen LogP contribution in [0.5, 0.6) is 0 Å². The van der Waals surface area contributed by atoms with Crippen molar-refractivity contribution in [2.45, 2.75) is 12.5 Å². The van der Waals surface area contributed by atoms with Gasteiger partial charge in [0, 0.05) is 13.1 Å². The van der Waals surface area contributed by atoms with E-state index in [4.69, 9.17) is 5.26 Å². The van der Waals surface area contributed by atoms with E-state index in [2.05, 4.69) is 17.5 Å². The number of nitriles is 1. The normalized spacial score (nSPS) is 39.3. The Hall–Kier alpha value is -0.810. The fourth-order valence-corrected chi connectivity index (χ4v) is 0.864. The third kappa shape index (κ3) is 0.962. The maximum atomic E-state index is 8.54. The molecule has 2 atom stereocenters. The Morgan fingerprint density at radius 3 is 3.00 bits per heavy atom. The van der Waals surface area contributed by atoms with Gasteiger partial charge in [-0.25, -0.2) is 0 Å². The van der Waals surface area contributed by atoms with Gasteiger partial charge in [-0.3, -0.25) is 4.90 Å². The molecule has 2 unspecified atom stereocenters. The lowest BCUT2D eigenvalue weighted by Gasteiger charge is -1.97. The molecule has 48 valence electrons. The first kappa shape index (κ1) is 6.31. The SMILES string of the molecule is C=CCN1CC1(C)C#N. The lowest BCUT2D eigenvalue weighted by atomic mass is 10.2. The van der Waals surface area contributed by atoms with Crippen molar-refractivity contribution in [1.29, 1.82) is 5.26 Å². The Morgan fingerprint density at radius 1 is 2.00 bits per heavy atom. The molecule has 0 aliphatic carbocycles. The van der Waals surface area contributed by atoms with E-state index >= 15 is 0 Å². The third-order valence-electron chi connectivity index (χ3n) is 1.68. The summed E-state index contributed by atoms with van der Waals surface area (Å²) in [5, 5.41) is 8.54. The summed E-state index contributed by atoms with van der Waals surface area (Å²) in [6.45, 7) is 7.27. The summed E-state index contributed by atoms with van der Waals surface area (Å²) in [6, 6.07) is 2.23. The van der Waals surface area contributed by atoms with E-state index in [0.29, 0.717) is 0 Å². The van der Waals surface area contributed by atoms with Gasteiger partial charge < -0.3 is 0 Å². The fourth-order valence-electron chi connectivity index (χ4n) is 0.864. The van der Waals surface area contributed by atoms with Crippen molar-refractivity contribution in [3.63, 3.8) is 0 Å². The van der Waals surface area contributed by atoms with Crippen LogP contribution in [-0.2, 0) is 0 Å². The molecule has 0 bridgehead atoms. The van der Waals surface area contributed by atoms with Gasteiger partial charge >= 0.3 is 0 Å². The van der Waals surface area contributed by atoms with Crippen molar-refractivity contribution in [3.05, 3.63) is 12.7 Å². The predicted octanol–water partition coefficient (Wildman–Crippen LogP) is 0.770. The lowest BCUT2D eigenvalue weighted by molar-refractivity contribution is 0.528. The molecule has 2 heteroatoms. The highest BCUT2D eigenvalue weighted by molar-refractivity contribution is 5.19. The van der Waals surface area contributed by atoms with Crippen molar-refractivity contribution >= 4 is 0 Å². The van der Waals surface area contributed by atoms with Crippen LogP contribution in [0.15, 0.2) is 12.7 Å². The molecule has 0 spiro atoms. The first-order valence-corrected chi connectivity index (χ1v) is 3.00. The molecule has 1 aliphatic rings. The summed E-state index contributed by atoms with van der Waals surface area (Å²) in [6.07, 6.45) is 1.82. The second-order valence-corrected chi connectivity index (χ2v) is 2.55. The average Bonchev–Trinajstić information content (AvgIpc) is 2.46. The molecule has 2 nitrogen and oxygen atoms in total. The number of rotatable bonds is 2. The van der Waals surface area contributed by atoms with E-state index in [0.717, 1.165) is 13.1 Å². The molecule has 0 amide bonds. The first-order valence-electron chi connectivity index (χ1n) is 3.00. The molecule has 0 aromatic carbocycles. The zero-order valence-corrected chi connectivity index (χ0v) is 5.59. The molecule has 1 fully saturated rings. The minimum absolute atomic E-state index is 0.172. The van der Waals surface area contributed by atoms with Crippen LogP contribution < -0.4 is 0 Å². The fraction of sp³-hybridized carbons (Fsp3) is 0.571. The molecular formula is C7H10N2. The molecule has 0 aromatic rings. The maximum Gasteiger partial charge on any atom is 0.119 e. The van der Waals surface area contributed by atoms with Gasteiger partial charge in [-0.2, -0.15) is 5.26 Å². The van der Waals surface area contributed by atoms with Gasteiger partial charge in [-0.1, -0.05) is 6.08 Å². The second kappa shape index (κ2) is 1.85. The number of hydrogen-bond acceptors (Lipinski definition) is 2. The third-order valence-corrected chi connectivity index (χ3v) is 1.68. The summed E-state index contributed by atoms with van der Waals surface area (Å²) in [7, 11) is 0. The molecule has 0 aromatic heterocycles. The van der Waals surface area contributed by atoms with Crippen LogP contribution >= 0.6 is 0 Å². The van der Waals surface area contributed by atoms with Gasteiger partial charge in [0.25, 0.3) is 0 Å². The van der Waals surface area contributed by atoms with Crippen LogP contribution in [0.4, 0.5) is 0 Å². The van der Waals surface area contributed by atoms with Crippen LogP contribution in [0.2, 0.25) is 0 Å². The van der Waals surface area contributed by atoms with Crippen LogP contribution in [0.25, 0.3) is 0 Å². The molecule has 0 saturated carbocycles. The van der Waals surface area contributed by atoms with Crippen LogP contribution in [0, 0.1) is 11.3 Å². The molecule has 1 rings (SSSR count). The minimum Gasteiger partial charge on any atom is -0.278 e. The smallest absolute Gasteiger partial charge is 0.119 e. The van der Waals surface area contributed by atoms with Crippen LogP contribution in [-0.4, -0.2) is 23.5 Å². The van der Waals surface area contributed by atoms with Gasteiger partial charge in [0.2, 0.25) is 0 Å². The van der Waals surface area contributed by atoms with Crippen molar-refractivity contribution < 1.29 is 0 Å². The van der Waals surface area contributed by atoms with Crippen molar-refractivity contribution in [1.82, 2.24) is 4.90 Å². The topological polar surface area (TPSA) is 26.8 Å². The quantitative estimate of drug-likeness (QED) is 0.399. The zero-order valence-electron chi connectivity index (χ0n) is 5.59. The molecule has 0 N–H and O–H groups in total. The Balaban J connectivity index is 2.41. The number of nitrogens with zero attached hydrogens (tertiary/aromatic N) is 2. The van der Waals surface area contributed by atoms with Gasteiger partial charge in [0.15, 0.2) is 0 Å². The Labute approximate surface area is 55.4 Å². The highest BCUT2D eigenvalue weighted by Gasteiger charge is 2.46. The Morgan fingerprint density at radius 2 is 2.67 bits per heavy atom. The Bertz CT molecular complexity index is 168. The van der Waals surface area contributed by atoms with Gasteiger partial charge in [-0.15, -0.1) is 6.58 Å². The van der Waals surface area contributed by atoms with Crippen molar-refractivity contribution in [3.8, 4) is 6.07 Å². The monoisotopic (exact) mass is 122 g/mol. The summed E-state index contributed by atoms with van der Waals surface area (Å²) in [5.41, 5.74) is -0.172. The molecule has 0 radical (unpaired) electrons. The standard InChI is InChI=1S/C7H10N2/c1-3-4-9-6-7(9,2)5-8/h3H,1,4,6H2,2H3. The maximum absolute atomic E-state index is 8.54. The second-order valence-electron chi connectivity index (χ2n) is 2.55.